The number of hydrogen-bond donors (Lipinski definition) is 2. The molecule has 0 saturated carbocycles. The van der Waals surface area contributed by atoms with Gasteiger partial charge in [0.1, 0.15) is 5.82 Å². The number of nitrogens with one attached hydrogen (secondary N) is 1. The molecule has 0 aliphatic carbocycles. The predicted octanol–water partition coefficient (Wildman–Crippen LogP) is 1.17. The number of amides is 3. The summed E-state index contributed by atoms with van der Waals surface area (Å²) < 4.78 is 13.2. The van der Waals surface area contributed by atoms with Gasteiger partial charge >= 0.3 is 12.0 Å². The number of thioether (sulfide) groups is 1. The first kappa shape index (κ1) is 14.3. The molecule has 8 heteroatoms. The summed E-state index contributed by atoms with van der Waals surface area (Å²) in [6, 6.07) is 3.34. The van der Waals surface area contributed by atoms with Crippen molar-refractivity contribution in [1.82, 2.24) is 10.2 Å². The Balaban J connectivity index is 1.94. The number of aromatic carboxylic acids is 1. The molecule has 1 saturated heterocycles. The maximum atomic E-state index is 13.2. The quantitative estimate of drug-likeness (QED) is 0.629. The zero-order valence-corrected chi connectivity index (χ0v) is 11.1. The van der Waals surface area contributed by atoms with E-state index in [1.807, 2.05) is 0 Å². The van der Waals surface area contributed by atoms with Gasteiger partial charge in [0.05, 0.1) is 12.1 Å². The van der Waals surface area contributed by atoms with E-state index in [4.69, 9.17) is 5.11 Å². The first-order chi connectivity index (χ1) is 9.49. The highest BCUT2D eigenvalue weighted by Gasteiger charge is 2.27. The number of nitrogens with zero attached hydrogens (tertiary/aromatic N) is 1. The van der Waals surface area contributed by atoms with Gasteiger partial charge in [-0.25, -0.2) is 14.0 Å². The van der Waals surface area contributed by atoms with Crippen molar-refractivity contribution in [2.45, 2.75) is 4.90 Å². The molecule has 0 unspecified atom stereocenters. The van der Waals surface area contributed by atoms with Crippen LogP contribution in [0.2, 0.25) is 0 Å². The average molecular weight is 298 g/mol. The predicted molar refractivity (Wildman–Crippen MR) is 69.2 cm³/mol. The minimum absolute atomic E-state index is 0.00319. The first-order valence-corrected chi connectivity index (χ1v) is 6.71. The molecule has 0 spiro atoms. The van der Waals surface area contributed by atoms with E-state index in [1.54, 1.807) is 0 Å². The van der Waals surface area contributed by atoms with Crippen LogP contribution in [-0.2, 0) is 4.79 Å². The minimum Gasteiger partial charge on any atom is -0.478 e. The highest BCUT2D eigenvalue weighted by Crippen LogP contribution is 2.21. The van der Waals surface area contributed by atoms with Crippen molar-refractivity contribution in [1.29, 1.82) is 0 Å². The fourth-order valence-electron chi connectivity index (χ4n) is 1.69. The molecule has 106 valence electrons. The number of hydrogen-bond acceptors (Lipinski definition) is 4. The highest BCUT2D eigenvalue weighted by atomic mass is 32.2. The average Bonchev–Trinajstić information content (AvgIpc) is 2.72. The Labute approximate surface area is 117 Å². The Morgan fingerprint density at radius 1 is 1.45 bits per heavy atom. The molecule has 0 aromatic heterocycles. The zero-order valence-electron chi connectivity index (χ0n) is 10.3. The molecule has 1 aliphatic heterocycles. The summed E-state index contributed by atoms with van der Waals surface area (Å²) in [6.07, 6.45) is 0. The van der Waals surface area contributed by atoms with Gasteiger partial charge in [-0.2, -0.15) is 0 Å². The Morgan fingerprint density at radius 2 is 2.20 bits per heavy atom. The van der Waals surface area contributed by atoms with E-state index >= 15 is 0 Å². The van der Waals surface area contributed by atoms with Crippen molar-refractivity contribution in [2.24, 2.45) is 0 Å². The summed E-state index contributed by atoms with van der Waals surface area (Å²) in [4.78, 5) is 35.0. The minimum atomic E-state index is -1.33. The third-order valence-electron chi connectivity index (χ3n) is 2.69. The van der Waals surface area contributed by atoms with Crippen LogP contribution in [0.5, 0.6) is 0 Å². The van der Waals surface area contributed by atoms with Crippen LogP contribution in [0.1, 0.15) is 10.4 Å². The van der Waals surface area contributed by atoms with E-state index in [1.165, 1.54) is 23.9 Å². The summed E-state index contributed by atoms with van der Waals surface area (Å²) in [5.74, 6) is -2.01. The van der Waals surface area contributed by atoms with Crippen molar-refractivity contribution in [3.63, 3.8) is 0 Å². The van der Waals surface area contributed by atoms with Gasteiger partial charge in [-0.3, -0.25) is 9.69 Å². The third kappa shape index (κ3) is 3.08. The summed E-state index contributed by atoms with van der Waals surface area (Å²) in [6.45, 7) is 0.221. The maximum absolute atomic E-state index is 13.2. The molecule has 1 aromatic rings. The van der Waals surface area contributed by atoms with Crippen LogP contribution in [-0.4, -0.2) is 46.8 Å². The van der Waals surface area contributed by atoms with E-state index in [2.05, 4.69) is 5.32 Å². The molecule has 2 rings (SSSR count). The smallest absolute Gasteiger partial charge is 0.338 e. The number of carboxylic acids is 1. The van der Waals surface area contributed by atoms with Crippen LogP contribution in [0.3, 0.4) is 0 Å². The number of carbonyl (C=O) groups is 3. The van der Waals surface area contributed by atoms with Crippen molar-refractivity contribution < 1.29 is 23.9 Å². The van der Waals surface area contributed by atoms with Crippen LogP contribution in [0, 0.1) is 5.82 Å². The van der Waals surface area contributed by atoms with E-state index in [9.17, 15) is 18.8 Å². The number of carboxylic acid groups (broad SMARTS) is 1. The monoisotopic (exact) mass is 298 g/mol. The van der Waals surface area contributed by atoms with Gasteiger partial charge < -0.3 is 10.4 Å². The van der Waals surface area contributed by atoms with Gasteiger partial charge in [0.2, 0.25) is 5.91 Å². The van der Waals surface area contributed by atoms with E-state index in [0.29, 0.717) is 10.6 Å². The Morgan fingerprint density at radius 3 is 2.80 bits per heavy atom. The number of carbonyl (C=O) groups excluding carboxylic acids is 2. The van der Waals surface area contributed by atoms with Gasteiger partial charge in [-0.1, -0.05) is 0 Å². The van der Waals surface area contributed by atoms with Crippen LogP contribution in [0.15, 0.2) is 23.1 Å². The fraction of sp³-hybridized carbons (Fsp3) is 0.250. The second-order valence-corrected chi connectivity index (χ2v) is 5.17. The molecule has 0 bridgehead atoms. The number of rotatable bonds is 5. The highest BCUT2D eigenvalue weighted by molar-refractivity contribution is 7.99. The van der Waals surface area contributed by atoms with Crippen molar-refractivity contribution >= 4 is 29.7 Å². The van der Waals surface area contributed by atoms with Crippen molar-refractivity contribution in [3.05, 3.63) is 29.6 Å². The van der Waals surface area contributed by atoms with Gasteiger partial charge in [0.15, 0.2) is 0 Å². The summed E-state index contributed by atoms with van der Waals surface area (Å²) in [5, 5.41) is 11.2. The molecular formula is C12H11FN2O4S. The van der Waals surface area contributed by atoms with Gasteiger partial charge in [-0.05, 0) is 18.2 Å². The normalized spacial score (nSPS) is 14.6. The van der Waals surface area contributed by atoms with Crippen LogP contribution in [0.25, 0.3) is 0 Å². The molecule has 1 aromatic carbocycles. The molecule has 20 heavy (non-hydrogen) atoms. The largest absolute Gasteiger partial charge is 0.478 e. The lowest BCUT2D eigenvalue weighted by molar-refractivity contribution is -0.124. The topological polar surface area (TPSA) is 86.7 Å². The Hall–Kier alpha value is -2.09. The molecule has 3 amide bonds. The number of halogens is 1. The van der Waals surface area contributed by atoms with Crippen LogP contribution >= 0.6 is 11.8 Å². The maximum Gasteiger partial charge on any atom is 0.338 e. The second kappa shape index (κ2) is 5.91. The Kier molecular flexibility index (Phi) is 4.23. The number of imide groups is 1. The standard InChI is InChI=1S/C12H11FN2O4S/c13-9-2-1-7(5-8(9)11(17)18)20-4-3-15-10(16)6-14-12(15)19/h1-2,5H,3-4,6H2,(H,14,19)(H,17,18). The van der Waals surface area contributed by atoms with E-state index in [-0.39, 0.29) is 19.0 Å². The molecule has 2 N–H and O–H groups in total. The molecule has 0 radical (unpaired) electrons. The van der Waals surface area contributed by atoms with Gasteiger partial charge in [-0.15, -0.1) is 11.8 Å². The van der Waals surface area contributed by atoms with Gasteiger partial charge in [0.25, 0.3) is 0 Å². The summed E-state index contributed by atoms with van der Waals surface area (Å²) >= 11 is 1.25. The van der Waals surface area contributed by atoms with Crippen LogP contribution in [0.4, 0.5) is 9.18 Å². The summed E-state index contributed by atoms with van der Waals surface area (Å²) in [5.41, 5.74) is -0.398. The second-order valence-electron chi connectivity index (χ2n) is 4.00. The Bertz CT molecular complexity index is 563. The SMILES string of the molecule is O=C(O)c1cc(SCCN2C(=O)CNC2=O)ccc1F. The van der Waals surface area contributed by atoms with Gasteiger partial charge in [0, 0.05) is 17.2 Å². The molecule has 6 nitrogen and oxygen atoms in total. The molecular weight excluding hydrogens is 287 g/mol. The van der Waals surface area contributed by atoms with Crippen molar-refractivity contribution in [3.8, 4) is 0 Å². The number of benzene rings is 1. The number of urea groups is 1. The molecule has 1 heterocycles. The fourth-order valence-corrected chi connectivity index (χ4v) is 2.57. The lowest BCUT2D eigenvalue weighted by Gasteiger charge is -2.11. The summed E-state index contributed by atoms with van der Waals surface area (Å²) in [7, 11) is 0. The first-order valence-electron chi connectivity index (χ1n) is 5.73. The zero-order chi connectivity index (χ0) is 14.7. The molecule has 1 fully saturated rings. The van der Waals surface area contributed by atoms with E-state index < -0.39 is 23.4 Å². The van der Waals surface area contributed by atoms with Crippen molar-refractivity contribution in [2.75, 3.05) is 18.8 Å². The molecule has 0 atom stereocenters. The third-order valence-corrected chi connectivity index (χ3v) is 3.66. The van der Waals surface area contributed by atoms with E-state index in [0.717, 1.165) is 11.0 Å². The van der Waals surface area contributed by atoms with Crippen LogP contribution < -0.4 is 5.32 Å². The lowest BCUT2D eigenvalue weighted by Crippen LogP contribution is -2.32. The molecule has 1 aliphatic rings. The lowest BCUT2D eigenvalue weighted by atomic mass is 10.2.